The van der Waals surface area contributed by atoms with Crippen molar-refractivity contribution in [2.75, 3.05) is 32.9 Å². The molecule has 2 rings (SSSR count). The summed E-state index contributed by atoms with van der Waals surface area (Å²) in [6.07, 6.45) is 0. The van der Waals surface area contributed by atoms with Crippen molar-refractivity contribution in [3.05, 3.63) is 12.1 Å². The molecule has 124 valence electrons. The fraction of sp³-hybridized carbons (Fsp3) is 0.308. The van der Waals surface area contributed by atoms with Crippen LogP contribution in [-0.4, -0.2) is 53.0 Å². The maximum atomic E-state index is 10.6. The molecule has 0 aliphatic carbocycles. The molecule has 2 aromatic rings. The Kier molecular flexibility index (Phi) is 5.16. The number of benzene rings is 1. The van der Waals surface area contributed by atoms with Gasteiger partial charge in [-0.3, -0.25) is 4.79 Å². The van der Waals surface area contributed by atoms with E-state index < -0.39 is 5.97 Å². The molecule has 0 fully saturated rings. The van der Waals surface area contributed by atoms with E-state index in [2.05, 4.69) is 10.2 Å². The molecule has 0 aliphatic rings. The summed E-state index contributed by atoms with van der Waals surface area (Å²) >= 11 is 0.976. The number of thioether (sulfide) groups is 1. The van der Waals surface area contributed by atoms with Crippen LogP contribution in [0.2, 0.25) is 0 Å². The topological polar surface area (TPSA) is 122 Å². The van der Waals surface area contributed by atoms with Crippen molar-refractivity contribution in [2.24, 2.45) is 0 Å². The number of rotatable bonds is 7. The lowest BCUT2D eigenvalue weighted by atomic mass is 10.1. The highest BCUT2D eigenvalue weighted by Gasteiger charge is 2.19. The highest BCUT2D eigenvalue weighted by atomic mass is 32.2. The van der Waals surface area contributed by atoms with E-state index in [0.717, 1.165) is 11.8 Å². The van der Waals surface area contributed by atoms with Crippen LogP contribution < -0.4 is 20.1 Å². The third-order valence-corrected chi connectivity index (χ3v) is 3.84. The fourth-order valence-corrected chi connectivity index (χ4v) is 2.49. The van der Waals surface area contributed by atoms with Gasteiger partial charge in [-0.2, -0.15) is 0 Å². The zero-order valence-corrected chi connectivity index (χ0v) is 13.6. The van der Waals surface area contributed by atoms with Gasteiger partial charge >= 0.3 is 5.97 Å². The summed E-state index contributed by atoms with van der Waals surface area (Å²) in [5.74, 6) is 6.50. The van der Waals surface area contributed by atoms with Crippen molar-refractivity contribution in [1.82, 2.24) is 14.9 Å². The van der Waals surface area contributed by atoms with Gasteiger partial charge in [0.2, 0.25) is 10.9 Å². The van der Waals surface area contributed by atoms with Gasteiger partial charge in [0.25, 0.3) is 0 Å². The molecule has 1 aromatic heterocycles. The number of carboxylic acids is 1. The predicted molar refractivity (Wildman–Crippen MR) is 83.6 cm³/mol. The maximum absolute atomic E-state index is 10.6. The number of nitrogens with two attached hydrogens (primary N) is 1. The Hall–Kier alpha value is -2.62. The zero-order valence-electron chi connectivity index (χ0n) is 12.8. The molecular weight excluding hydrogens is 324 g/mol. The Morgan fingerprint density at radius 3 is 2.30 bits per heavy atom. The Morgan fingerprint density at radius 1 is 1.22 bits per heavy atom. The molecule has 0 unspecified atom stereocenters. The quantitative estimate of drug-likeness (QED) is 0.558. The van der Waals surface area contributed by atoms with Crippen LogP contribution >= 0.6 is 11.8 Å². The normalized spacial score (nSPS) is 10.4. The lowest BCUT2D eigenvalue weighted by Crippen LogP contribution is -2.12. The summed E-state index contributed by atoms with van der Waals surface area (Å²) < 4.78 is 17.0. The van der Waals surface area contributed by atoms with Gasteiger partial charge < -0.3 is 25.2 Å². The molecule has 3 N–H and O–H groups in total. The number of aromatic nitrogens is 3. The van der Waals surface area contributed by atoms with E-state index in [9.17, 15) is 4.79 Å². The average molecular weight is 340 g/mol. The van der Waals surface area contributed by atoms with Gasteiger partial charge in [0.1, 0.15) is 0 Å². The lowest BCUT2D eigenvalue weighted by Gasteiger charge is -2.13. The van der Waals surface area contributed by atoms with Crippen molar-refractivity contribution in [3.63, 3.8) is 0 Å². The van der Waals surface area contributed by atoms with Gasteiger partial charge in [-0.15, -0.1) is 10.2 Å². The van der Waals surface area contributed by atoms with Crippen LogP contribution in [0.25, 0.3) is 11.4 Å². The number of nitrogens with zero attached hydrogens (tertiary/aromatic N) is 3. The van der Waals surface area contributed by atoms with Crippen molar-refractivity contribution in [1.29, 1.82) is 0 Å². The van der Waals surface area contributed by atoms with E-state index in [4.69, 9.17) is 25.2 Å². The van der Waals surface area contributed by atoms with Crippen LogP contribution in [-0.2, 0) is 4.79 Å². The summed E-state index contributed by atoms with van der Waals surface area (Å²) in [7, 11) is 4.51. The van der Waals surface area contributed by atoms with Crippen molar-refractivity contribution >= 4 is 17.7 Å². The van der Waals surface area contributed by atoms with Crippen molar-refractivity contribution in [2.45, 2.75) is 5.16 Å². The minimum absolute atomic E-state index is 0.162. The van der Waals surface area contributed by atoms with Crippen LogP contribution in [0.4, 0.5) is 0 Å². The summed E-state index contributed by atoms with van der Waals surface area (Å²) in [5.41, 5.74) is 0.594. The first-order valence-corrected chi connectivity index (χ1v) is 7.35. The monoisotopic (exact) mass is 340 g/mol. The molecule has 0 saturated heterocycles. The number of carboxylic acid groups (broad SMARTS) is 1. The van der Waals surface area contributed by atoms with Gasteiger partial charge in [-0.05, 0) is 12.1 Å². The van der Waals surface area contributed by atoms with Crippen molar-refractivity contribution < 1.29 is 24.1 Å². The molecule has 10 heteroatoms. The van der Waals surface area contributed by atoms with E-state index in [-0.39, 0.29) is 10.9 Å². The fourth-order valence-electron chi connectivity index (χ4n) is 1.91. The third kappa shape index (κ3) is 3.42. The Balaban J connectivity index is 2.44. The molecule has 0 aliphatic heterocycles. The maximum Gasteiger partial charge on any atom is 0.313 e. The number of methoxy groups -OCH3 is 3. The van der Waals surface area contributed by atoms with Gasteiger partial charge in [0.05, 0.1) is 27.1 Å². The first-order valence-electron chi connectivity index (χ1n) is 6.37. The first-order chi connectivity index (χ1) is 11.0. The van der Waals surface area contributed by atoms with Gasteiger partial charge in [0, 0.05) is 5.56 Å². The minimum atomic E-state index is -0.965. The Bertz CT molecular complexity index is 693. The van der Waals surface area contributed by atoms with Crippen LogP contribution in [0, 0.1) is 0 Å². The smallest absolute Gasteiger partial charge is 0.313 e. The second kappa shape index (κ2) is 7.09. The first kappa shape index (κ1) is 16.7. The molecule has 23 heavy (non-hydrogen) atoms. The van der Waals surface area contributed by atoms with Gasteiger partial charge in [0.15, 0.2) is 17.3 Å². The zero-order chi connectivity index (χ0) is 17.0. The van der Waals surface area contributed by atoms with E-state index in [1.54, 1.807) is 12.1 Å². The number of hydrogen-bond acceptors (Lipinski definition) is 8. The second-order valence-electron chi connectivity index (χ2n) is 4.27. The van der Waals surface area contributed by atoms with Gasteiger partial charge in [-0.25, -0.2) is 4.68 Å². The molecule has 1 heterocycles. The van der Waals surface area contributed by atoms with E-state index in [0.29, 0.717) is 28.6 Å². The number of nitrogen functional groups attached to an aromatic ring is 1. The number of aliphatic carboxylic acids is 1. The number of hydrogen-bond donors (Lipinski definition) is 2. The third-order valence-electron chi connectivity index (χ3n) is 2.91. The lowest BCUT2D eigenvalue weighted by molar-refractivity contribution is -0.133. The average Bonchev–Trinajstić information content (AvgIpc) is 2.92. The molecule has 0 saturated carbocycles. The highest BCUT2D eigenvalue weighted by molar-refractivity contribution is 7.99. The summed E-state index contributed by atoms with van der Waals surface area (Å²) in [4.78, 5) is 10.6. The van der Waals surface area contributed by atoms with Crippen LogP contribution in [0.3, 0.4) is 0 Å². The number of ether oxygens (including phenoxy) is 3. The van der Waals surface area contributed by atoms with Crippen LogP contribution in [0.15, 0.2) is 17.3 Å². The Morgan fingerprint density at radius 2 is 1.83 bits per heavy atom. The Labute approximate surface area is 136 Å². The molecule has 9 nitrogen and oxygen atoms in total. The van der Waals surface area contributed by atoms with Crippen LogP contribution in [0.1, 0.15) is 0 Å². The van der Waals surface area contributed by atoms with Crippen LogP contribution in [0.5, 0.6) is 17.2 Å². The standard InChI is InChI=1S/C13H16N4O5S/c1-20-8-4-7(5-9(21-2)11(8)22-3)12-15-16-13(17(12)14)23-6-10(18)19/h4-5H,6,14H2,1-3H3,(H,18,19). The van der Waals surface area contributed by atoms with Crippen molar-refractivity contribution in [3.8, 4) is 28.6 Å². The number of carbonyl (C=O) groups is 1. The summed E-state index contributed by atoms with van der Waals surface area (Å²) in [6.45, 7) is 0. The molecule has 0 spiro atoms. The molecule has 1 aromatic carbocycles. The molecule has 0 amide bonds. The largest absolute Gasteiger partial charge is 0.493 e. The van der Waals surface area contributed by atoms with Gasteiger partial charge in [-0.1, -0.05) is 11.8 Å². The van der Waals surface area contributed by atoms with E-state index in [1.165, 1.54) is 26.0 Å². The molecule has 0 atom stereocenters. The predicted octanol–water partition coefficient (Wildman–Crippen LogP) is 0.861. The SMILES string of the molecule is COc1cc(-c2nnc(SCC(=O)O)n2N)cc(OC)c1OC. The molecule has 0 radical (unpaired) electrons. The molecular formula is C13H16N4O5S. The van der Waals surface area contributed by atoms with E-state index in [1.807, 2.05) is 0 Å². The summed E-state index contributed by atoms with van der Waals surface area (Å²) in [5, 5.41) is 16.9. The summed E-state index contributed by atoms with van der Waals surface area (Å²) in [6, 6.07) is 3.36. The minimum Gasteiger partial charge on any atom is -0.493 e. The second-order valence-corrected chi connectivity index (χ2v) is 5.22. The van der Waals surface area contributed by atoms with E-state index >= 15 is 0 Å². The molecule has 0 bridgehead atoms. The highest BCUT2D eigenvalue weighted by Crippen LogP contribution is 2.40.